The molecule has 0 bridgehead atoms. The quantitative estimate of drug-likeness (QED) is 0.503. The fraction of sp³-hybridized carbons (Fsp3) is 0.154. The van der Waals surface area contributed by atoms with Gasteiger partial charge in [-0.25, -0.2) is 0 Å². The van der Waals surface area contributed by atoms with Gasteiger partial charge >= 0.3 is 0 Å². The molecule has 29 heavy (non-hydrogen) atoms. The molecule has 3 heteroatoms. The van der Waals surface area contributed by atoms with Crippen LogP contribution in [0.15, 0.2) is 73.3 Å². The summed E-state index contributed by atoms with van der Waals surface area (Å²) in [4.78, 5) is 2.12. The monoisotopic (exact) mass is 383 g/mol. The van der Waals surface area contributed by atoms with E-state index in [1.54, 1.807) is 0 Å². The van der Waals surface area contributed by atoms with Gasteiger partial charge in [0.1, 0.15) is 0 Å². The Morgan fingerprint density at radius 2 is 1.48 bits per heavy atom. The number of benzene rings is 3. The van der Waals surface area contributed by atoms with E-state index in [0.29, 0.717) is 0 Å². The molecule has 148 valence electrons. The Morgan fingerprint density at radius 3 is 2.03 bits per heavy atom. The van der Waals surface area contributed by atoms with E-state index in [9.17, 15) is 0 Å². The highest BCUT2D eigenvalue weighted by Crippen LogP contribution is 2.29. The van der Waals surface area contributed by atoms with E-state index in [-0.39, 0.29) is 0 Å². The summed E-state index contributed by atoms with van der Waals surface area (Å²) in [7, 11) is 8.03. The maximum absolute atomic E-state index is 3.81. The predicted octanol–water partition coefficient (Wildman–Crippen LogP) is 5.82. The highest BCUT2D eigenvalue weighted by Gasteiger charge is 2.06. The van der Waals surface area contributed by atoms with Gasteiger partial charge in [-0.05, 0) is 52.1 Å². The van der Waals surface area contributed by atoms with Crippen molar-refractivity contribution in [2.24, 2.45) is 0 Å². The van der Waals surface area contributed by atoms with Gasteiger partial charge in [0, 0.05) is 45.3 Å². The topological polar surface area (TPSA) is 27.3 Å². The number of anilines is 2. The Hall–Kier alpha value is -3.46. The summed E-state index contributed by atoms with van der Waals surface area (Å²) >= 11 is 0. The van der Waals surface area contributed by atoms with Crippen LogP contribution in [-0.2, 0) is 0 Å². The van der Waals surface area contributed by atoms with Crippen molar-refractivity contribution in [2.75, 3.05) is 38.4 Å². The molecule has 0 aliphatic carbocycles. The van der Waals surface area contributed by atoms with Crippen LogP contribution in [0.4, 0.5) is 11.4 Å². The lowest BCUT2D eigenvalue weighted by Gasteiger charge is -2.16. The number of nitrogens with zero attached hydrogens (tertiary/aromatic N) is 1. The second kappa shape index (κ2) is 9.16. The zero-order chi connectivity index (χ0) is 20.8. The Labute approximate surface area is 174 Å². The van der Waals surface area contributed by atoms with Crippen LogP contribution < -0.4 is 15.5 Å². The molecule has 0 aliphatic heterocycles. The van der Waals surface area contributed by atoms with Gasteiger partial charge in [0.15, 0.2) is 0 Å². The van der Waals surface area contributed by atoms with Crippen molar-refractivity contribution in [1.82, 2.24) is 5.32 Å². The molecule has 3 aromatic rings. The average Bonchev–Trinajstić information content (AvgIpc) is 2.77. The summed E-state index contributed by atoms with van der Waals surface area (Å²) in [5.41, 5.74) is 9.19. The lowest BCUT2D eigenvalue weighted by molar-refractivity contribution is 1.13. The summed E-state index contributed by atoms with van der Waals surface area (Å²) in [6.45, 7) is 3.81. The third-order valence-electron chi connectivity index (χ3n) is 5.00. The van der Waals surface area contributed by atoms with Gasteiger partial charge < -0.3 is 15.5 Å². The summed E-state index contributed by atoms with van der Waals surface area (Å²) < 4.78 is 0. The average molecular weight is 384 g/mol. The molecule has 0 spiro atoms. The molecule has 0 fully saturated rings. The third kappa shape index (κ3) is 4.88. The van der Waals surface area contributed by atoms with Crippen molar-refractivity contribution in [3.05, 3.63) is 90.0 Å². The molecule has 3 aromatic carbocycles. The molecular formula is C26H29N3. The van der Waals surface area contributed by atoms with E-state index in [1.165, 1.54) is 16.8 Å². The smallest absolute Gasteiger partial charge is 0.0417 e. The van der Waals surface area contributed by atoms with E-state index in [0.717, 1.165) is 28.1 Å². The minimum atomic E-state index is 1.08. The molecular weight excluding hydrogens is 354 g/mol. The van der Waals surface area contributed by atoms with E-state index < -0.39 is 0 Å². The summed E-state index contributed by atoms with van der Waals surface area (Å²) in [5, 5.41) is 6.58. The SMILES string of the molecule is C=Cc1ccc(/C=C(\NC)c2ccc(-c3cc(NC)cc(N(C)C)c3)cc2)cc1. The minimum absolute atomic E-state index is 1.08. The van der Waals surface area contributed by atoms with Crippen molar-refractivity contribution in [3.63, 3.8) is 0 Å². The van der Waals surface area contributed by atoms with Crippen LogP contribution in [0, 0.1) is 0 Å². The van der Waals surface area contributed by atoms with Crippen molar-refractivity contribution in [3.8, 4) is 11.1 Å². The van der Waals surface area contributed by atoms with Crippen LogP contribution in [0.25, 0.3) is 29.0 Å². The van der Waals surface area contributed by atoms with Gasteiger partial charge in [0.05, 0.1) is 0 Å². The lowest BCUT2D eigenvalue weighted by atomic mass is 10.0. The lowest BCUT2D eigenvalue weighted by Crippen LogP contribution is -2.09. The molecule has 2 N–H and O–H groups in total. The highest BCUT2D eigenvalue weighted by molar-refractivity contribution is 5.82. The van der Waals surface area contributed by atoms with Crippen LogP contribution in [0.3, 0.4) is 0 Å². The van der Waals surface area contributed by atoms with Crippen molar-refractivity contribution in [1.29, 1.82) is 0 Å². The molecule has 0 radical (unpaired) electrons. The predicted molar refractivity (Wildman–Crippen MR) is 129 cm³/mol. The van der Waals surface area contributed by atoms with Gasteiger partial charge in [-0.3, -0.25) is 0 Å². The summed E-state index contributed by atoms with van der Waals surface area (Å²) in [6, 6.07) is 23.6. The second-order valence-electron chi connectivity index (χ2n) is 7.17. The number of hydrogen-bond acceptors (Lipinski definition) is 3. The zero-order valence-corrected chi connectivity index (χ0v) is 17.7. The first-order valence-electron chi connectivity index (χ1n) is 9.77. The third-order valence-corrected chi connectivity index (χ3v) is 5.00. The molecule has 0 saturated heterocycles. The standard InChI is InChI=1S/C26H29N3/c1-6-19-7-9-20(10-8-19)15-26(28-3)22-13-11-21(12-14-22)23-16-24(27-2)18-25(17-23)29(4)5/h6-18,27-28H,1H2,2-5H3/b26-15-. The van der Waals surface area contributed by atoms with Gasteiger partial charge in [-0.2, -0.15) is 0 Å². The van der Waals surface area contributed by atoms with Gasteiger partial charge in [-0.15, -0.1) is 0 Å². The van der Waals surface area contributed by atoms with E-state index in [2.05, 4.69) is 109 Å². The fourth-order valence-corrected chi connectivity index (χ4v) is 3.22. The maximum Gasteiger partial charge on any atom is 0.0417 e. The Balaban J connectivity index is 1.91. The zero-order valence-electron chi connectivity index (χ0n) is 17.7. The Morgan fingerprint density at radius 1 is 0.828 bits per heavy atom. The summed E-state index contributed by atoms with van der Waals surface area (Å²) in [5.74, 6) is 0. The minimum Gasteiger partial charge on any atom is -0.388 e. The van der Waals surface area contributed by atoms with Crippen LogP contribution in [0.5, 0.6) is 0 Å². The maximum atomic E-state index is 3.81. The van der Waals surface area contributed by atoms with E-state index >= 15 is 0 Å². The molecule has 0 saturated carbocycles. The van der Waals surface area contributed by atoms with E-state index in [1.807, 2.05) is 20.2 Å². The highest BCUT2D eigenvalue weighted by atomic mass is 15.1. The molecule has 0 heterocycles. The molecule has 0 aliphatic rings. The normalized spacial score (nSPS) is 11.1. The van der Waals surface area contributed by atoms with Crippen LogP contribution in [0.2, 0.25) is 0 Å². The fourth-order valence-electron chi connectivity index (χ4n) is 3.22. The van der Waals surface area contributed by atoms with Gasteiger partial charge in [0.2, 0.25) is 0 Å². The van der Waals surface area contributed by atoms with Crippen LogP contribution >= 0.6 is 0 Å². The Bertz CT molecular complexity index is 997. The Kier molecular flexibility index (Phi) is 6.40. The largest absolute Gasteiger partial charge is 0.388 e. The molecule has 0 unspecified atom stereocenters. The summed E-state index contributed by atoms with van der Waals surface area (Å²) in [6.07, 6.45) is 4.02. The molecule has 0 atom stereocenters. The van der Waals surface area contributed by atoms with Crippen molar-refractivity contribution < 1.29 is 0 Å². The first-order chi connectivity index (χ1) is 14.0. The van der Waals surface area contributed by atoms with Gasteiger partial charge in [-0.1, -0.05) is 61.2 Å². The molecule has 0 aromatic heterocycles. The molecule has 3 rings (SSSR count). The van der Waals surface area contributed by atoms with Crippen LogP contribution in [-0.4, -0.2) is 28.2 Å². The van der Waals surface area contributed by atoms with E-state index in [4.69, 9.17) is 0 Å². The second-order valence-corrected chi connectivity index (χ2v) is 7.17. The van der Waals surface area contributed by atoms with Crippen molar-refractivity contribution >= 4 is 29.2 Å². The first-order valence-corrected chi connectivity index (χ1v) is 9.77. The number of rotatable bonds is 7. The molecule has 3 nitrogen and oxygen atoms in total. The molecule has 0 amide bonds. The van der Waals surface area contributed by atoms with Gasteiger partial charge in [0.25, 0.3) is 0 Å². The van der Waals surface area contributed by atoms with Crippen LogP contribution in [0.1, 0.15) is 16.7 Å². The van der Waals surface area contributed by atoms with Crippen molar-refractivity contribution in [2.45, 2.75) is 0 Å². The number of nitrogens with one attached hydrogen (secondary N) is 2. The number of hydrogen-bond donors (Lipinski definition) is 2. The first kappa shape index (κ1) is 20.3.